The normalized spacial score (nSPS) is 14.2. The first-order valence-corrected chi connectivity index (χ1v) is 15.2. The maximum Gasteiger partial charge on any atom is 0.274 e. The lowest BCUT2D eigenvalue weighted by Gasteiger charge is -2.16. The number of anilines is 1. The van der Waals surface area contributed by atoms with Gasteiger partial charge < -0.3 is 35.8 Å². The third kappa shape index (κ3) is 7.77. The van der Waals surface area contributed by atoms with Crippen molar-refractivity contribution < 1.29 is 24.2 Å². The molecule has 1 aliphatic heterocycles. The zero-order valence-electron chi connectivity index (χ0n) is 25.6. The molecule has 1 atom stereocenters. The first kappa shape index (κ1) is 32.8. The molecule has 46 heavy (non-hydrogen) atoms. The number of halogens is 1. The smallest absolute Gasteiger partial charge is 0.274 e. The van der Waals surface area contributed by atoms with Crippen LogP contribution in [0.3, 0.4) is 0 Å². The van der Waals surface area contributed by atoms with E-state index in [9.17, 15) is 9.59 Å². The minimum atomic E-state index is -0.406. The number of aromatic nitrogens is 3. The lowest BCUT2D eigenvalue weighted by atomic mass is 10.0. The first-order valence-electron chi connectivity index (χ1n) is 14.9. The molecule has 4 aromatic rings. The highest BCUT2D eigenvalue weighted by Crippen LogP contribution is 2.41. The fourth-order valence-corrected chi connectivity index (χ4v) is 5.49. The summed E-state index contributed by atoms with van der Waals surface area (Å²) in [7, 11) is 3.08. The summed E-state index contributed by atoms with van der Waals surface area (Å²) in [5.41, 5.74) is 4.70. The number of carbonyl (C=O) groups is 2. The van der Waals surface area contributed by atoms with Crippen LogP contribution >= 0.6 is 11.6 Å². The predicted octanol–water partition coefficient (Wildman–Crippen LogP) is 3.58. The average molecular weight is 646 g/mol. The molecule has 12 nitrogen and oxygen atoms in total. The fraction of sp³-hybridized carbons (Fsp3) is 0.303. The number of rotatable bonds is 14. The minimum absolute atomic E-state index is 0.0430. The molecule has 3 aromatic heterocycles. The van der Waals surface area contributed by atoms with Crippen molar-refractivity contribution in [3.05, 3.63) is 82.8 Å². The van der Waals surface area contributed by atoms with Crippen LogP contribution in [0, 0.1) is 0 Å². The van der Waals surface area contributed by atoms with Gasteiger partial charge in [-0.05, 0) is 42.3 Å². The van der Waals surface area contributed by atoms with E-state index >= 15 is 0 Å². The van der Waals surface area contributed by atoms with Crippen molar-refractivity contribution in [1.29, 1.82) is 0 Å². The van der Waals surface area contributed by atoms with Crippen molar-refractivity contribution >= 4 is 29.1 Å². The number of benzene rings is 1. The Labute approximate surface area is 271 Å². The summed E-state index contributed by atoms with van der Waals surface area (Å²) in [5, 5.41) is 21.6. The van der Waals surface area contributed by atoms with E-state index in [2.05, 4.69) is 31.2 Å². The van der Waals surface area contributed by atoms with E-state index in [1.807, 2.05) is 18.2 Å². The van der Waals surface area contributed by atoms with Gasteiger partial charge in [0, 0.05) is 67.7 Å². The van der Waals surface area contributed by atoms with Gasteiger partial charge in [-0.25, -0.2) is 4.98 Å². The summed E-state index contributed by atoms with van der Waals surface area (Å²) >= 11 is 6.96. The Hall–Kier alpha value is -4.62. The number of nitrogens with zero attached hydrogens (tertiary/aromatic N) is 3. The van der Waals surface area contributed by atoms with Gasteiger partial charge in [-0.3, -0.25) is 19.6 Å². The Morgan fingerprint density at radius 1 is 1.04 bits per heavy atom. The molecule has 0 spiro atoms. The first-order chi connectivity index (χ1) is 22.4. The number of para-hydroxylation sites is 1. The van der Waals surface area contributed by atoms with E-state index in [1.54, 1.807) is 49.8 Å². The van der Waals surface area contributed by atoms with Crippen LogP contribution in [0.15, 0.2) is 60.9 Å². The second-order valence-electron chi connectivity index (χ2n) is 10.6. The van der Waals surface area contributed by atoms with Crippen LogP contribution in [0.25, 0.3) is 22.5 Å². The van der Waals surface area contributed by atoms with Crippen LogP contribution in [0.1, 0.15) is 34.5 Å². The monoisotopic (exact) mass is 645 g/mol. The third-order valence-electron chi connectivity index (χ3n) is 7.49. The molecule has 0 bridgehead atoms. The van der Waals surface area contributed by atoms with Gasteiger partial charge in [-0.1, -0.05) is 29.8 Å². The van der Waals surface area contributed by atoms with Gasteiger partial charge in [0.2, 0.25) is 11.8 Å². The number of aliphatic hydroxyl groups excluding tert-OH is 1. The Kier molecular flexibility index (Phi) is 11.1. The largest absolute Gasteiger partial charge is 0.494 e. The number of ether oxygens (including phenoxy) is 2. The second-order valence-corrected chi connectivity index (χ2v) is 11.0. The van der Waals surface area contributed by atoms with Crippen molar-refractivity contribution in [1.82, 2.24) is 30.9 Å². The quantitative estimate of drug-likeness (QED) is 0.128. The Morgan fingerprint density at radius 3 is 2.63 bits per heavy atom. The molecule has 13 heteroatoms. The number of nitrogens with one attached hydrogen (secondary N) is 4. The predicted molar refractivity (Wildman–Crippen MR) is 175 cm³/mol. The molecule has 0 saturated carbocycles. The molecule has 2 amide bonds. The van der Waals surface area contributed by atoms with E-state index < -0.39 is 5.91 Å². The highest BCUT2D eigenvalue weighted by Gasteiger charge is 2.22. The number of pyridine rings is 3. The molecular formula is C33H36ClN7O5. The second kappa shape index (κ2) is 15.6. The van der Waals surface area contributed by atoms with Gasteiger partial charge in [0.15, 0.2) is 5.75 Å². The fourth-order valence-electron chi connectivity index (χ4n) is 5.17. The van der Waals surface area contributed by atoms with Crippen molar-refractivity contribution in [3.8, 4) is 34.1 Å². The zero-order chi connectivity index (χ0) is 32.5. The lowest BCUT2D eigenvalue weighted by molar-refractivity contribution is -0.119. The van der Waals surface area contributed by atoms with E-state index in [4.69, 9.17) is 31.2 Å². The maximum absolute atomic E-state index is 13.1. The minimum Gasteiger partial charge on any atom is -0.494 e. The molecule has 5 rings (SSSR count). The molecular weight excluding hydrogens is 610 g/mol. The Morgan fingerprint density at radius 2 is 1.91 bits per heavy atom. The van der Waals surface area contributed by atoms with Gasteiger partial charge in [0.25, 0.3) is 5.91 Å². The number of hydrogen-bond donors (Lipinski definition) is 5. The number of methoxy groups -OCH3 is 2. The van der Waals surface area contributed by atoms with Crippen LogP contribution < -0.4 is 30.7 Å². The van der Waals surface area contributed by atoms with Crippen molar-refractivity contribution in [2.75, 3.05) is 39.2 Å². The zero-order valence-corrected chi connectivity index (χ0v) is 26.4. The Balaban J connectivity index is 1.34. The molecule has 1 aliphatic rings. The van der Waals surface area contributed by atoms with Gasteiger partial charge in [-0.2, -0.15) is 0 Å². The molecule has 0 radical (unpaired) electrons. The molecule has 1 aromatic carbocycles. The summed E-state index contributed by atoms with van der Waals surface area (Å²) < 4.78 is 11.3. The third-order valence-corrected chi connectivity index (χ3v) is 7.87. The van der Waals surface area contributed by atoms with Crippen LogP contribution in [-0.2, 0) is 17.9 Å². The molecule has 0 unspecified atom stereocenters. The SMILES string of the molecule is COc1nc(-c2ccnc(-c3cccc(NC(=O)c4ccc(CNCCO)cn4)c3OC)c2Cl)ccc1CNC[C@@H]1CCC(=O)N1. The van der Waals surface area contributed by atoms with Crippen molar-refractivity contribution in [2.45, 2.75) is 32.0 Å². The van der Waals surface area contributed by atoms with Crippen molar-refractivity contribution in [3.63, 3.8) is 0 Å². The van der Waals surface area contributed by atoms with Crippen LogP contribution in [0.5, 0.6) is 11.6 Å². The molecule has 1 saturated heterocycles. The van der Waals surface area contributed by atoms with Crippen LogP contribution in [0.2, 0.25) is 5.02 Å². The van der Waals surface area contributed by atoms with E-state index in [0.717, 1.165) is 17.5 Å². The number of carbonyl (C=O) groups excluding carboxylic acids is 2. The molecule has 5 N–H and O–H groups in total. The summed E-state index contributed by atoms with van der Waals surface area (Å²) in [6.07, 6.45) is 4.63. The Bertz CT molecular complexity index is 1690. The van der Waals surface area contributed by atoms with Crippen molar-refractivity contribution in [2.24, 2.45) is 0 Å². The summed E-state index contributed by atoms with van der Waals surface area (Å²) in [5.74, 6) is 0.524. The number of amides is 2. The topological polar surface area (TPSA) is 160 Å². The standard InChI is InChI=1S/C33H36ClN7O5/c1-45-31-24(4-3-5-26(31)40-32(44)27-9-6-20(17-38-27)16-35-14-15-42)30-29(34)23(12-13-37-30)25-10-7-21(33(41-25)46-2)18-36-19-22-8-11-28(43)39-22/h3-7,9-10,12-13,17,22,35-36,42H,8,11,14-16,18-19H2,1-2H3,(H,39,43)(H,40,44)/t22-/m0/s1. The van der Waals surface area contributed by atoms with E-state index in [-0.39, 0.29) is 24.2 Å². The van der Waals surface area contributed by atoms with Gasteiger partial charge in [0.05, 0.1) is 42.9 Å². The number of hydrogen-bond acceptors (Lipinski definition) is 10. The van der Waals surface area contributed by atoms with Gasteiger partial charge in [0.1, 0.15) is 5.69 Å². The van der Waals surface area contributed by atoms with Crippen LogP contribution in [-0.4, -0.2) is 71.8 Å². The van der Waals surface area contributed by atoms with E-state index in [0.29, 0.717) is 77.5 Å². The van der Waals surface area contributed by atoms with Gasteiger partial charge >= 0.3 is 0 Å². The average Bonchev–Trinajstić information content (AvgIpc) is 3.50. The highest BCUT2D eigenvalue weighted by atomic mass is 35.5. The highest BCUT2D eigenvalue weighted by molar-refractivity contribution is 6.35. The summed E-state index contributed by atoms with van der Waals surface area (Å²) in [6.45, 7) is 2.23. The molecule has 1 fully saturated rings. The maximum atomic E-state index is 13.1. The van der Waals surface area contributed by atoms with Gasteiger partial charge in [-0.15, -0.1) is 0 Å². The number of aliphatic hydroxyl groups is 1. The molecule has 0 aliphatic carbocycles. The molecule has 4 heterocycles. The van der Waals surface area contributed by atoms with E-state index in [1.165, 1.54) is 7.11 Å². The lowest BCUT2D eigenvalue weighted by Crippen LogP contribution is -2.35. The summed E-state index contributed by atoms with van der Waals surface area (Å²) in [6, 6.07) is 14.5. The van der Waals surface area contributed by atoms with Crippen LogP contribution in [0.4, 0.5) is 5.69 Å². The molecule has 240 valence electrons. The summed E-state index contributed by atoms with van der Waals surface area (Å²) in [4.78, 5) is 38.1.